The SMILES string of the molecule is C/C=C\C(C)/C(C)=C(/C)N. The first-order valence-electron chi connectivity index (χ1n) is 3.65. The molecule has 0 bridgehead atoms. The van der Waals surface area contributed by atoms with Crippen LogP contribution in [0.1, 0.15) is 27.7 Å². The van der Waals surface area contributed by atoms with Crippen molar-refractivity contribution in [3.63, 3.8) is 0 Å². The van der Waals surface area contributed by atoms with Crippen molar-refractivity contribution >= 4 is 0 Å². The van der Waals surface area contributed by atoms with E-state index in [4.69, 9.17) is 5.73 Å². The Kier molecular flexibility index (Phi) is 3.85. The Morgan fingerprint density at radius 1 is 1.40 bits per heavy atom. The molecule has 1 heteroatoms. The molecule has 0 radical (unpaired) electrons. The zero-order valence-corrected chi connectivity index (χ0v) is 7.31. The van der Waals surface area contributed by atoms with Gasteiger partial charge in [0.25, 0.3) is 0 Å². The van der Waals surface area contributed by atoms with Gasteiger partial charge in [-0.05, 0) is 32.3 Å². The zero-order chi connectivity index (χ0) is 8.15. The summed E-state index contributed by atoms with van der Waals surface area (Å²) in [4.78, 5) is 0. The summed E-state index contributed by atoms with van der Waals surface area (Å²) in [6, 6.07) is 0. The average molecular weight is 139 g/mol. The second kappa shape index (κ2) is 4.15. The fourth-order valence-corrected chi connectivity index (χ4v) is 0.792. The molecule has 0 saturated carbocycles. The van der Waals surface area contributed by atoms with Crippen LogP contribution in [0.5, 0.6) is 0 Å². The molecule has 0 aromatic heterocycles. The molecule has 0 fully saturated rings. The van der Waals surface area contributed by atoms with Gasteiger partial charge in [-0.25, -0.2) is 0 Å². The van der Waals surface area contributed by atoms with Gasteiger partial charge >= 0.3 is 0 Å². The normalized spacial score (nSPS) is 17.2. The van der Waals surface area contributed by atoms with Crippen molar-refractivity contribution in [1.82, 2.24) is 0 Å². The fourth-order valence-electron chi connectivity index (χ4n) is 0.792. The first-order chi connectivity index (χ1) is 4.59. The van der Waals surface area contributed by atoms with Crippen LogP contribution in [0.15, 0.2) is 23.4 Å². The lowest BCUT2D eigenvalue weighted by molar-refractivity contribution is 0.838. The molecule has 0 aliphatic rings. The van der Waals surface area contributed by atoms with Gasteiger partial charge in [0.2, 0.25) is 0 Å². The lowest BCUT2D eigenvalue weighted by Crippen LogP contribution is -2.01. The fraction of sp³-hybridized carbons (Fsp3) is 0.556. The smallest absolute Gasteiger partial charge is 0.00438 e. The second-order valence-electron chi connectivity index (χ2n) is 2.68. The Morgan fingerprint density at radius 2 is 1.90 bits per heavy atom. The monoisotopic (exact) mass is 139 g/mol. The summed E-state index contributed by atoms with van der Waals surface area (Å²) in [5, 5.41) is 0. The molecule has 1 unspecified atom stereocenters. The quantitative estimate of drug-likeness (QED) is 0.584. The lowest BCUT2D eigenvalue weighted by Gasteiger charge is -2.07. The molecule has 0 aromatic carbocycles. The highest BCUT2D eigenvalue weighted by Crippen LogP contribution is 2.12. The van der Waals surface area contributed by atoms with E-state index in [9.17, 15) is 0 Å². The molecule has 2 N–H and O–H groups in total. The summed E-state index contributed by atoms with van der Waals surface area (Å²) < 4.78 is 0. The Hall–Kier alpha value is -0.720. The largest absolute Gasteiger partial charge is 0.402 e. The molecule has 0 amide bonds. The number of hydrogen-bond acceptors (Lipinski definition) is 1. The summed E-state index contributed by atoms with van der Waals surface area (Å²) in [5.74, 6) is 0.481. The third-order valence-electron chi connectivity index (χ3n) is 1.79. The molecule has 0 aliphatic carbocycles. The molecule has 0 heterocycles. The van der Waals surface area contributed by atoms with Crippen LogP contribution < -0.4 is 5.73 Å². The molecule has 0 aliphatic heterocycles. The highest BCUT2D eigenvalue weighted by Gasteiger charge is 1.99. The van der Waals surface area contributed by atoms with E-state index in [0.717, 1.165) is 5.70 Å². The van der Waals surface area contributed by atoms with E-state index < -0.39 is 0 Å². The summed E-state index contributed by atoms with van der Waals surface area (Å²) in [6.07, 6.45) is 4.20. The van der Waals surface area contributed by atoms with E-state index in [-0.39, 0.29) is 0 Å². The zero-order valence-electron chi connectivity index (χ0n) is 7.31. The van der Waals surface area contributed by atoms with Gasteiger partial charge in [-0.3, -0.25) is 0 Å². The number of rotatable bonds is 2. The van der Waals surface area contributed by atoms with Crippen LogP contribution >= 0.6 is 0 Å². The third-order valence-corrected chi connectivity index (χ3v) is 1.79. The number of hydrogen-bond donors (Lipinski definition) is 1. The van der Waals surface area contributed by atoms with Gasteiger partial charge in [0.1, 0.15) is 0 Å². The maximum absolute atomic E-state index is 5.61. The minimum atomic E-state index is 0.481. The first kappa shape index (κ1) is 9.28. The lowest BCUT2D eigenvalue weighted by atomic mass is 10.0. The average Bonchev–Trinajstić information content (AvgIpc) is 1.87. The summed E-state index contributed by atoms with van der Waals surface area (Å²) >= 11 is 0. The molecule has 0 rings (SSSR count). The topological polar surface area (TPSA) is 26.0 Å². The molecule has 58 valence electrons. The van der Waals surface area contributed by atoms with Crippen molar-refractivity contribution in [2.75, 3.05) is 0 Å². The Morgan fingerprint density at radius 3 is 2.20 bits per heavy atom. The maximum atomic E-state index is 5.61. The number of allylic oxidation sites excluding steroid dienone is 4. The van der Waals surface area contributed by atoms with Crippen molar-refractivity contribution in [1.29, 1.82) is 0 Å². The van der Waals surface area contributed by atoms with Crippen molar-refractivity contribution in [2.45, 2.75) is 27.7 Å². The van der Waals surface area contributed by atoms with Crippen LogP contribution in [-0.2, 0) is 0 Å². The van der Waals surface area contributed by atoms with Crippen LogP contribution in [0.3, 0.4) is 0 Å². The van der Waals surface area contributed by atoms with Crippen molar-refractivity contribution in [2.24, 2.45) is 11.7 Å². The van der Waals surface area contributed by atoms with Crippen LogP contribution in [-0.4, -0.2) is 0 Å². The van der Waals surface area contributed by atoms with E-state index >= 15 is 0 Å². The third kappa shape index (κ3) is 2.72. The molecular formula is C9H17N. The molecule has 0 spiro atoms. The molecule has 10 heavy (non-hydrogen) atoms. The van der Waals surface area contributed by atoms with E-state index in [2.05, 4.69) is 26.0 Å². The minimum absolute atomic E-state index is 0.481. The minimum Gasteiger partial charge on any atom is -0.402 e. The predicted molar refractivity (Wildman–Crippen MR) is 46.5 cm³/mol. The van der Waals surface area contributed by atoms with Crippen LogP contribution in [0.4, 0.5) is 0 Å². The Balaban J connectivity index is 4.21. The predicted octanol–water partition coefficient (Wildman–Crippen LogP) is 2.45. The summed E-state index contributed by atoms with van der Waals surface area (Å²) in [5.41, 5.74) is 7.81. The van der Waals surface area contributed by atoms with Gasteiger partial charge in [0, 0.05) is 5.70 Å². The van der Waals surface area contributed by atoms with E-state index in [0.29, 0.717) is 5.92 Å². The Bertz CT molecular complexity index is 150. The second-order valence-corrected chi connectivity index (χ2v) is 2.68. The van der Waals surface area contributed by atoms with Crippen LogP contribution in [0, 0.1) is 5.92 Å². The van der Waals surface area contributed by atoms with Crippen molar-refractivity contribution < 1.29 is 0 Å². The van der Waals surface area contributed by atoms with Gasteiger partial charge in [0.05, 0.1) is 0 Å². The molecule has 1 nitrogen and oxygen atoms in total. The molecule has 0 aromatic rings. The number of nitrogens with two attached hydrogens (primary N) is 1. The standard InChI is InChI=1S/C9H17N/c1-5-6-7(2)8(3)9(4)10/h5-7H,10H2,1-4H3/b6-5-,9-8-. The van der Waals surface area contributed by atoms with Crippen LogP contribution in [0.25, 0.3) is 0 Å². The van der Waals surface area contributed by atoms with Gasteiger partial charge in [-0.1, -0.05) is 19.1 Å². The van der Waals surface area contributed by atoms with Gasteiger partial charge in [0.15, 0.2) is 0 Å². The Labute approximate surface area is 63.6 Å². The van der Waals surface area contributed by atoms with Gasteiger partial charge in [-0.15, -0.1) is 0 Å². The maximum Gasteiger partial charge on any atom is 0.00438 e. The highest BCUT2D eigenvalue weighted by atomic mass is 14.6. The first-order valence-corrected chi connectivity index (χ1v) is 3.65. The van der Waals surface area contributed by atoms with Crippen LogP contribution in [0.2, 0.25) is 0 Å². The molecule has 1 atom stereocenters. The summed E-state index contributed by atoms with van der Waals surface area (Å²) in [7, 11) is 0. The highest BCUT2D eigenvalue weighted by molar-refractivity contribution is 5.13. The van der Waals surface area contributed by atoms with E-state index in [1.807, 2.05) is 13.8 Å². The van der Waals surface area contributed by atoms with Crippen molar-refractivity contribution in [3.05, 3.63) is 23.4 Å². The summed E-state index contributed by atoms with van der Waals surface area (Å²) in [6.45, 7) is 8.18. The van der Waals surface area contributed by atoms with Gasteiger partial charge < -0.3 is 5.73 Å². The van der Waals surface area contributed by atoms with E-state index in [1.54, 1.807) is 0 Å². The van der Waals surface area contributed by atoms with E-state index in [1.165, 1.54) is 5.57 Å². The van der Waals surface area contributed by atoms with Crippen molar-refractivity contribution in [3.8, 4) is 0 Å². The molecule has 0 saturated heterocycles. The molecular weight excluding hydrogens is 122 g/mol. The van der Waals surface area contributed by atoms with Gasteiger partial charge in [-0.2, -0.15) is 0 Å².